The summed E-state index contributed by atoms with van der Waals surface area (Å²) in [6, 6.07) is 14.1. The van der Waals surface area contributed by atoms with Crippen molar-refractivity contribution >= 4 is 17.4 Å². The van der Waals surface area contributed by atoms with Gasteiger partial charge < -0.3 is 28.6 Å². The number of hydrogen-bond acceptors (Lipinski definition) is 7. The Hall–Kier alpha value is -4.20. The molecule has 2 aromatic carbocycles. The Balaban J connectivity index is 1.92. The molecule has 8 nitrogen and oxygen atoms in total. The summed E-state index contributed by atoms with van der Waals surface area (Å²) in [6.07, 6.45) is 1.49. The zero-order chi connectivity index (χ0) is 23.5. The molecule has 1 aliphatic rings. The number of furan rings is 1. The highest BCUT2D eigenvalue weighted by Gasteiger charge is 2.47. The highest BCUT2D eigenvalue weighted by molar-refractivity contribution is 6.46. The van der Waals surface area contributed by atoms with E-state index in [1.807, 2.05) is 0 Å². The van der Waals surface area contributed by atoms with E-state index in [9.17, 15) is 14.7 Å². The fraction of sp³-hybridized carbons (Fsp3) is 0.200. The van der Waals surface area contributed by atoms with Crippen LogP contribution in [0.15, 0.2) is 70.9 Å². The van der Waals surface area contributed by atoms with Crippen molar-refractivity contribution in [3.63, 3.8) is 0 Å². The molecule has 1 fully saturated rings. The number of Topliss-reactive ketones (excluding diaryl/α,β-unsaturated/α-hetero) is 1. The predicted molar refractivity (Wildman–Crippen MR) is 119 cm³/mol. The first-order chi connectivity index (χ1) is 16.0. The van der Waals surface area contributed by atoms with Gasteiger partial charge in [0.15, 0.2) is 0 Å². The van der Waals surface area contributed by atoms with Crippen LogP contribution in [0, 0.1) is 0 Å². The number of benzene rings is 2. The number of amides is 1. The van der Waals surface area contributed by atoms with Crippen molar-refractivity contribution in [2.75, 3.05) is 21.3 Å². The Morgan fingerprint density at radius 1 is 0.970 bits per heavy atom. The number of hydrogen-bond donors (Lipinski definition) is 1. The van der Waals surface area contributed by atoms with Crippen molar-refractivity contribution in [3.8, 4) is 17.2 Å². The van der Waals surface area contributed by atoms with Gasteiger partial charge in [0.05, 0.1) is 45.8 Å². The molecule has 2 heterocycles. The maximum atomic E-state index is 13.2. The Kier molecular flexibility index (Phi) is 6.08. The monoisotopic (exact) mass is 449 g/mol. The fourth-order valence-corrected chi connectivity index (χ4v) is 3.89. The molecular weight excluding hydrogens is 426 g/mol. The van der Waals surface area contributed by atoms with Gasteiger partial charge in [-0.15, -0.1) is 0 Å². The van der Waals surface area contributed by atoms with Crippen LogP contribution in [0.5, 0.6) is 17.2 Å². The van der Waals surface area contributed by atoms with Crippen LogP contribution in [0.1, 0.15) is 22.9 Å². The van der Waals surface area contributed by atoms with E-state index in [2.05, 4.69) is 0 Å². The molecule has 0 saturated carbocycles. The lowest BCUT2D eigenvalue weighted by Crippen LogP contribution is -2.29. The van der Waals surface area contributed by atoms with Crippen LogP contribution in [0.25, 0.3) is 5.76 Å². The van der Waals surface area contributed by atoms with Crippen LogP contribution in [0.4, 0.5) is 0 Å². The van der Waals surface area contributed by atoms with Gasteiger partial charge in [-0.3, -0.25) is 9.59 Å². The van der Waals surface area contributed by atoms with Gasteiger partial charge in [0.25, 0.3) is 11.7 Å². The normalized spacial score (nSPS) is 17.3. The lowest BCUT2D eigenvalue weighted by molar-refractivity contribution is -0.140. The maximum Gasteiger partial charge on any atom is 0.296 e. The van der Waals surface area contributed by atoms with Gasteiger partial charge in [-0.1, -0.05) is 0 Å². The van der Waals surface area contributed by atoms with Gasteiger partial charge in [0.1, 0.15) is 28.8 Å². The molecule has 1 aromatic heterocycles. The molecule has 1 saturated heterocycles. The second-order valence-electron chi connectivity index (χ2n) is 7.34. The summed E-state index contributed by atoms with van der Waals surface area (Å²) in [4.78, 5) is 27.7. The number of aliphatic hydroxyl groups excluding tert-OH is 1. The minimum atomic E-state index is -0.928. The van der Waals surface area contributed by atoms with Crippen LogP contribution in [0.2, 0.25) is 0 Å². The van der Waals surface area contributed by atoms with Crippen molar-refractivity contribution in [3.05, 3.63) is 83.3 Å². The average molecular weight is 449 g/mol. The van der Waals surface area contributed by atoms with E-state index in [1.54, 1.807) is 54.6 Å². The number of carbonyl (C=O) groups excluding carboxylic acids is 2. The fourth-order valence-electron chi connectivity index (χ4n) is 3.89. The van der Waals surface area contributed by atoms with Gasteiger partial charge in [-0.25, -0.2) is 0 Å². The van der Waals surface area contributed by atoms with Gasteiger partial charge in [-0.2, -0.15) is 0 Å². The third-order valence-electron chi connectivity index (χ3n) is 5.54. The van der Waals surface area contributed by atoms with E-state index in [1.165, 1.54) is 32.5 Å². The molecule has 1 aliphatic heterocycles. The first kappa shape index (κ1) is 22.0. The third kappa shape index (κ3) is 4.03. The molecule has 0 spiro atoms. The standard InChI is InChI=1S/C25H23NO7/c1-30-16-8-6-15(7-9-16)23(27)21-22(19-13-17(31-2)10-11-20(19)32-3)26(25(29)24(21)28)14-18-5-4-12-33-18/h4-13,22,27H,14H2,1-3H3/b23-21+/t22-/m0/s1. The summed E-state index contributed by atoms with van der Waals surface area (Å²) in [6.45, 7) is 0.0298. The molecule has 0 aliphatic carbocycles. The molecular formula is C25H23NO7. The van der Waals surface area contributed by atoms with Crippen molar-refractivity contribution in [1.29, 1.82) is 0 Å². The Morgan fingerprint density at radius 2 is 1.67 bits per heavy atom. The van der Waals surface area contributed by atoms with Crippen LogP contribution >= 0.6 is 0 Å². The van der Waals surface area contributed by atoms with Gasteiger partial charge in [0.2, 0.25) is 0 Å². The summed E-state index contributed by atoms with van der Waals surface area (Å²) < 4.78 is 21.5. The first-order valence-electron chi connectivity index (χ1n) is 10.2. The molecule has 1 N–H and O–H groups in total. The largest absolute Gasteiger partial charge is 0.507 e. The molecule has 0 bridgehead atoms. The van der Waals surface area contributed by atoms with E-state index < -0.39 is 17.7 Å². The lowest BCUT2D eigenvalue weighted by atomic mass is 9.94. The molecule has 0 radical (unpaired) electrons. The molecule has 0 unspecified atom stereocenters. The Morgan fingerprint density at radius 3 is 2.27 bits per heavy atom. The number of carbonyl (C=O) groups is 2. The highest BCUT2D eigenvalue weighted by atomic mass is 16.5. The van der Waals surface area contributed by atoms with E-state index in [-0.39, 0.29) is 17.9 Å². The predicted octanol–water partition coefficient (Wildman–Crippen LogP) is 3.93. The summed E-state index contributed by atoms with van der Waals surface area (Å²) in [5.74, 6) is 0.185. The summed E-state index contributed by atoms with van der Waals surface area (Å²) in [5, 5.41) is 11.2. The van der Waals surface area contributed by atoms with E-state index in [4.69, 9.17) is 18.6 Å². The smallest absolute Gasteiger partial charge is 0.296 e. The molecule has 170 valence electrons. The van der Waals surface area contributed by atoms with E-state index in [0.29, 0.717) is 34.1 Å². The number of aliphatic hydroxyl groups is 1. The molecule has 1 amide bonds. The zero-order valence-electron chi connectivity index (χ0n) is 18.4. The van der Waals surface area contributed by atoms with Gasteiger partial charge >= 0.3 is 0 Å². The van der Waals surface area contributed by atoms with Crippen molar-refractivity contribution in [2.24, 2.45) is 0 Å². The Bertz CT molecular complexity index is 1200. The SMILES string of the molecule is COc1ccc(/C(O)=C2\C(=O)C(=O)N(Cc3ccco3)[C@H]2c2cc(OC)ccc2OC)cc1. The molecule has 4 rings (SSSR count). The third-order valence-corrected chi connectivity index (χ3v) is 5.54. The number of ether oxygens (including phenoxy) is 3. The van der Waals surface area contributed by atoms with E-state index in [0.717, 1.165) is 0 Å². The molecule has 8 heteroatoms. The van der Waals surface area contributed by atoms with Crippen LogP contribution in [-0.4, -0.2) is 43.0 Å². The quantitative estimate of drug-likeness (QED) is 0.332. The Labute approximate surface area is 190 Å². The van der Waals surface area contributed by atoms with Crippen molar-refractivity contribution in [1.82, 2.24) is 4.90 Å². The minimum absolute atomic E-state index is 0.0298. The minimum Gasteiger partial charge on any atom is -0.507 e. The maximum absolute atomic E-state index is 13.2. The van der Waals surface area contributed by atoms with Crippen LogP contribution in [0.3, 0.4) is 0 Å². The van der Waals surface area contributed by atoms with Crippen molar-refractivity contribution in [2.45, 2.75) is 12.6 Å². The second kappa shape index (κ2) is 9.12. The molecule has 3 aromatic rings. The van der Waals surface area contributed by atoms with Gasteiger partial charge in [0, 0.05) is 11.1 Å². The number of ketones is 1. The second-order valence-corrected chi connectivity index (χ2v) is 7.34. The number of likely N-dealkylation sites (tertiary alicyclic amines) is 1. The van der Waals surface area contributed by atoms with Gasteiger partial charge in [-0.05, 0) is 54.6 Å². The summed E-state index contributed by atoms with van der Waals surface area (Å²) in [5.41, 5.74) is 0.819. The zero-order valence-corrected chi connectivity index (χ0v) is 18.4. The topological polar surface area (TPSA) is 98.4 Å². The van der Waals surface area contributed by atoms with Crippen LogP contribution in [-0.2, 0) is 16.1 Å². The number of rotatable bonds is 7. The lowest BCUT2D eigenvalue weighted by Gasteiger charge is -2.26. The highest BCUT2D eigenvalue weighted by Crippen LogP contribution is 2.44. The van der Waals surface area contributed by atoms with E-state index >= 15 is 0 Å². The number of nitrogens with zero attached hydrogens (tertiary/aromatic N) is 1. The molecule has 33 heavy (non-hydrogen) atoms. The summed E-state index contributed by atoms with van der Waals surface area (Å²) in [7, 11) is 4.54. The molecule has 1 atom stereocenters. The summed E-state index contributed by atoms with van der Waals surface area (Å²) >= 11 is 0. The average Bonchev–Trinajstić information content (AvgIpc) is 3.45. The van der Waals surface area contributed by atoms with Crippen molar-refractivity contribution < 1.29 is 33.3 Å². The number of methoxy groups -OCH3 is 3. The van der Waals surface area contributed by atoms with Crippen LogP contribution < -0.4 is 14.2 Å². The first-order valence-corrected chi connectivity index (χ1v) is 10.2.